The Balaban J connectivity index is 1.78. The standard InChI is InChI=1S/C12H16N2OS2/c15-12(14-4-2-13-3-5-14)11-7-9-8-16-6-1-10(9)17-11/h7,13H,1-6,8H2. The predicted octanol–water partition coefficient (Wildman–Crippen LogP) is 1.58. The van der Waals surface area contributed by atoms with Crippen LogP contribution < -0.4 is 5.32 Å². The third-order valence-corrected chi connectivity index (χ3v) is 5.48. The fourth-order valence-electron chi connectivity index (χ4n) is 2.28. The number of carbonyl (C=O) groups is 1. The molecular formula is C12H16N2OS2. The van der Waals surface area contributed by atoms with E-state index in [0.29, 0.717) is 0 Å². The second-order valence-electron chi connectivity index (χ2n) is 4.40. The van der Waals surface area contributed by atoms with Gasteiger partial charge in [-0.2, -0.15) is 11.8 Å². The number of hydrogen-bond acceptors (Lipinski definition) is 4. The molecule has 2 aliphatic rings. The molecule has 5 heteroatoms. The van der Waals surface area contributed by atoms with Crippen molar-refractivity contribution in [1.82, 2.24) is 10.2 Å². The van der Waals surface area contributed by atoms with Crippen LogP contribution in [0.15, 0.2) is 6.07 Å². The average molecular weight is 268 g/mol. The van der Waals surface area contributed by atoms with Gasteiger partial charge in [-0.1, -0.05) is 0 Å². The molecule has 1 aromatic rings. The first-order valence-electron chi connectivity index (χ1n) is 6.04. The molecule has 1 N–H and O–H groups in total. The zero-order valence-electron chi connectivity index (χ0n) is 9.70. The lowest BCUT2D eigenvalue weighted by atomic mass is 10.2. The van der Waals surface area contributed by atoms with Crippen LogP contribution in [0.4, 0.5) is 0 Å². The summed E-state index contributed by atoms with van der Waals surface area (Å²) < 4.78 is 0. The van der Waals surface area contributed by atoms with Gasteiger partial charge in [-0.05, 0) is 23.8 Å². The highest BCUT2D eigenvalue weighted by molar-refractivity contribution is 7.98. The van der Waals surface area contributed by atoms with Crippen molar-refractivity contribution in [2.24, 2.45) is 0 Å². The monoisotopic (exact) mass is 268 g/mol. The molecule has 0 saturated carbocycles. The van der Waals surface area contributed by atoms with Gasteiger partial charge in [0, 0.05) is 36.8 Å². The summed E-state index contributed by atoms with van der Waals surface area (Å²) in [5.74, 6) is 2.52. The molecule has 2 aliphatic heterocycles. The fourth-order valence-corrected chi connectivity index (χ4v) is 4.62. The number of hydrogen-bond donors (Lipinski definition) is 1. The number of piperazine rings is 1. The van der Waals surface area contributed by atoms with Crippen molar-refractivity contribution in [1.29, 1.82) is 0 Å². The van der Waals surface area contributed by atoms with E-state index in [1.165, 1.54) is 16.2 Å². The highest BCUT2D eigenvalue weighted by Gasteiger charge is 2.22. The number of fused-ring (bicyclic) bond motifs is 1. The number of amides is 1. The zero-order chi connectivity index (χ0) is 11.7. The van der Waals surface area contributed by atoms with E-state index in [1.807, 2.05) is 16.7 Å². The minimum absolute atomic E-state index is 0.232. The van der Waals surface area contributed by atoms with Gasteiger partial charge in [0.25, 0.3) is 5.91 Å². The Morgan fingerprint density at radius 1 is 1.35 bits per heavy atom. The van der Waals surface area contributed by atoms with Crippen LogP contribution in [0.5, 0.6) is 0 Å². The molecule has 17 heavy (non-hydrogen) atoms. The van der Waals surface area contributed by atoms with E-state index in [1.54, 1.807) is 11.3 Å². The van der Waals surface area contributed by atoms with E-state index in [-0.39, 0.29) is 5.91 Å². The van der Waals surface area contributed by atoms with Gasteiger partial charge in [0.1, 0.15) is 0 Å². The molecule has 0 atom stereocenters. The molecule has 0 aromatic carbocycles. The van der Waals surface area contributed by atoms with Crippen molar-refractivity contribution in [2.75, 3.05) is 31.9 Å². The van der Waals surface area contributed by atoms with Crippen molar-refractivity contribution in [3.8, 4) is 0 Å². The van der Waals surface area contributed by atoms with Gasteiger partial charge >= 0.3 is 0 Å². The van der Waals surface area contributed by atoms with Crippen LogP contribution in [0, 0.1) is 0 Å². The zero-order valence-corrected chi connectivity index (χ0v) is 11.3. The largest absolute Gasteiger partial charge is 0.335 e. The second kappa shape index (κ2) is 5.00. The van der Waals surface area contributed by atoms with Gasteiger partial charge < -0.3 is 10.2 Å². The van der Waals surface area contributed by atoms with Crippen LogP contribution in [-0.4, -0.2) is 42.7 Å². The summed E-state index contributed by atoms with van der Waals surface area (Å²) in [4.78, 5) is 16.7. The minimum atomic E-state index is 0.232. The van der Waals surface area contributed by atoms with E-state index in [4.69, 9.17) is 0 Å². The van der Waals surface area contributed by atoms with E-state index in [2.05, 4.69) is 11.4 Å². The van der Waals surface area contributed by atoms with E-state index >= 15 is 0 Å². The summed E-state index contributed by atoms with van der Waals surface area (Å²) in [5.41, 5.74) is 1.39. The number of thiophene rings is 1. The highest BCUT2D eigenvalue weighted by atomic mass is 32.2. The lowest BCUT2D eigenvalue weighted by Gasteiger charge is -2.26. The highest BCUT2D eigenvalue weighted by Crippen LogP contribution is 2.32. The summed E-state index contributed by atoms with van der Waals surface area (Å²) in [6, 6.07) is 2.12. The molecule has 92 valence electrons. The molecular weight excluding hydrogens is 252 g/mol. The molecule has 0 unspecified atom stereocenters. The van der Waals surface area contributed by atoms with Gasteiger partial charge in [-0.15, -0.1) is 11.3 Å². The van der Waals surface area contributed by atoms with Crippen molar-refractivity contribution < 1.29 is 4.79 Å². The summed E-state index contributed by atoms with van der Waals surface area (Å²) in [5, 5.41) is 3.28. The van der Waals surface area contributed by atoms with Gasteiger partial charge in [0.15, 0.2) is 0 Å². The third-order valence-electron chi connectivity index (χ3n) is 3.24. The molecule has 0 spiro atoms. The van der Waals surface area contributed by atoms with Crippen LogP contribution in [0.1, 0.15) is 20.1 Å². The molecule has 3 rings (SSSR count). The van der Waals surface area contributed by atoms with Crippen LogP contribution in [0.25, 0.3) is 0 Å². The van der Waals surface area contributed by atoms with Gasteiger partial charge in [-0.25, -0.2) is 0 Å². The maximum absolute atomic E-state index is 12.3. The first-order valence-corrected chi connectivity index (χ1v) is 8.01. The van der Waals surface area contributed by atoms with E-state index in [9.17, 15) is 4.79 Å². The Morgan fingerprint density at radius 2 is 2.18 bits per heavy atom. The molecule has 3 nitrogen and oxygen atoms in total. The summed E-state index contributed by atoms with van der Waals surface area (Å²) in [7, 11) is 0. The summed E-state index contributed by atoms with van der Waals surface area (Å²) in [6.07, 6.45) is 1.14. The summed E-state index contributed by atoms with van der Waals surface area (Å²) in [6.45, 7) is 3.53. The normalized spacial score (nSPS) is 20.1. The number of carbonyl (C=O) groups excluding carboxylic acids is 1. The van der Waals surface area contributed by atoms with Crippen LogP contribution in [0.3, 0.4) is 0 Å². The van der Waals surface area contributed by atoms with Crippen LogP contribution >= 0.6 is 23.1 Å². The van der Waals surface area contributed by atoms with E-state index < -0.39 is 0 Å². The number of thioether (sulfide) groups is 1. The maximum atomic E-state index is 12.3. The Bertz CT molecular complexity index is 401. The molecule has 0 aliphatic carbocycles. The van der Waals surface area contributed by atoms with Crippen LogP contribution in [0.2, 0.25) is 0 Å². The quantitative estimate of drug-likeness (QED) is 0.839. The molecule has 0 bridgehead atoms. The average Bonchev–Trinajstić information content (AvgIpc) is 2.82. The van der Waals surface area contributed by atoms with Crippen LogP contribution in [-0.2, 0) is 12.2 Å². The molecule has 1 saturated heterocycles. The number of nitrogens with zero attached hydrogens (tertiary/aromatic N) is 1. The maximum Gasteiger partial charge on any atom is 0.264 e. The first-order chi connectivity index (χ1) is 8.34. The predicted molar refractivity (Wildman–Crippen MR) is 73.0 cm³/mol. The topological polar surface area (TPSA) is 32.3 Å². The fraction of sp³-hybridized carbons (Fsp3) is 0.583. The SMILES string of the molecule is O=C(c1cc2c(s1)CCSC2)N1CCNCC1. The van der Waals surface area contributed by atoms with Crippen molar-refractivity contribution in [2.45, 2.75) is 12.2 Å². The van der Waals surface area contributed by atoms with E-state index in [0.717, 1.165) is 43.2 Å². The molecule has 1 aromatic heterocycles. The molecule has 1 fully saturated rings. The molecule has 0 radical (unpaired) electrons. The Hall–Kier alpha value is -0.520. The van der Waals surface area contributed by atoms with Gasteiger partial charge in [-0.3, -0.25) is 4.79 Å². The number of nitrogens with one attached hydrogen (secondary N) is 1. The lowest BCUT2D eigenvalue weighted by molar-refractivity contribution is 0.0740. The molecule has 1 amide bonds. The Labute approximate surface area is 110 Å². The lowest BCUT2D eigenvalue weighted by Crippen LogP contribution is -2.46. The number of aryl methyl sites for hydroxylation is 1. The smallest absolute Gasteiger partial charge is 0.264 e. The van der Waals surface area contributed by atoms with Gasteiger partial charge in [0.05, 0.1) is 4.88 Å². The summed E-state index contributed by atoms with van der Waals surface area (Å²) >= 11 is 3.68. The number of rotatable bonds is 1. The minimum Gasteiger partial charge on any atom is -0.335 e. The first kappa shape index (κ1) is 11.6. The Morgan fingerprint density at radius 3 is 2.94 bits per heavy atom. The van der Waals surface area contributed by atoms with Crippen molar-refractivity contribution in [3.05, 3.63) is 21.4 Å². The van der Waals surface area contributed by atoms with Crippen molar-refractivity contribution >= 4 is 29.0 Å². The molecule has 3 heterocycles. The van der Waals surface area contributed by atoms with Gasteiger partial charge in [0.2, 0.25) is 0 Å². The second-order valence-corrected chi connectivity index (χ2v) is 6.65. The third kappa shape index (κ3) is 2.37. The Kier molecular flexibility index (Phi) is 3.40. The van der Waals surface area contributed by atoms with Crippen molar-refractivity contribution in [3.63, 3.8) is 0 Å².